The molecule has 30 heavy (non-hydrogen) atoms. The minimum Gasteiger partial charge on any atom is -0.480 e. The van der Waals surface area contributed by atoms with Crippen molar-refractivity contribution in [1.82, 2.24) is 25.9 Å². The molecule has 0 spiro atoms. The highest BCUT2D eigenvalue weighted by atomic mass is 16.4. The zero-order chi connectivity index (χ0) is 22.8. The predicted molar refractivity (Wildman–Crippen MR) is 106 cm³/mol. The Hall–Kier alpha value is -2.99. The Morgan fingerprint density at radius 1 is 1.03 bits per heavy atom. The molecule has 1 heterocycles. The van der Waals surface area contributed by atoms with Gasteiger partial charge in [-0.1, -0.05) is 13.8 Å². The number of H-pyrrole nitrogens is 1. The molecule has 168 valence electrons. The van der Waals surface area contributed by atoms with Gasteiger partial charge in [0, 0.05) is 18.3 Å². The first-order chi connectivity index (χ1) is 14.0. The van der Waals surface area contributed by atoms with Crippen molar-refractivity contribution in [3.63, 3.8) is 0 Å². The van der Waals surface area contributed by atoms with Crippen LogP contribution in [0.15, 0.2) is 12.5 Å². The summed E-state index contributed by atoms with van der Waals surface area (Å²) in [4.78, 5) is 55.2. The number of nitrogens with two attached hydrogens (primary N) is 1. The van der Waals surface area contributed by atoms with E-state index in [1.165, 1.54) is 19.4 Å². The smallest absolute Gasteiger partial charge is 0.328 e. The number of carboxylic acid groups (broad SMARTS) is 1. The van der Waals surface area contributed by atoms with Crippen molar-refractivity contribution in [3.05, 3.63) is 18.2 Å². The van der Waals surface area contributed by atoms with E-state index in [2.05, 4.69) is 25.9 Å². The monoisotopic (exact) mass is 426 g/mol. The van der Waals surface area contributed by atoms with Gasteiger partial charge in [-0.3, -0.25) is 14.4 Å². The van der Waals surface area contributed by atoms with Gasteiger partial charge in [0.1, 0.15) is 18.1 Å². The van der Waals surface area contributed by atoms with Crippen molar-refractivity contribution in [1.29, 1.82) is 0 Å². The summed E-state index contributed by atoms with van der Waals surface area (Å²) >= 11 is 0. The number of aliphatic hydroxyl groups is 1. The molecule has 8 N–H and O–H groups in total. The summed E-state index contributed by atoms with van der Waals surface area (Å²) in [6, 6.07) is -4.46. The number of rotatable bonds is 12. The van der Waals surface area contributed by atoms with Gasteiger partial charge in [-0.05, 0) is 19.3 Å². The third-order valence-electron chi connectivity index (χ3n) is 4.16. The molecule has 0 saturated heterocycles. The van der Waals surface area contributed by atoms with Crippen LogP contribution < -0.4 is 21.7 Å². The van der Waals surface area contributed by atoms with Crippen LogP contribution in [0.3, 0.4) is 0 Å². The molecule has 0 aliphatic carbocycles. The number of carboxylic acids is 1. The molecule has 1 aromatic rings. The maximum Gasteiger partial charge on any atom is 0.328 e. The number of aliphatic carboxylic acids is 1. The number of hydrogen-bond acceptors (Lipinski definition) is 7. The van der Waals surface area contributed by atoms with Gasteiger partial charge in [0.05, 0.1) is 19.0 Å². The van der Waals surface area contributed by atoms with E-state index in [0.717, 1.165) is 0 Å². The van der Waals surface area contributed by atoms with Crippen molar-refractivity contribution in [2.24, 2.45) is 11.7 Å². The van der Waals surface area contributed by atoms with Crippen LogP contribution in [0.2, 0.25) is 0 Å². The number of hydrogen-bond donors (Lipinski definition) is 7. The molecule has 12 nitrogen and oxygen atoms in total. The lowest BCUT2D eigenvalue weighted by atomic mass is 10.0. The molecule has 3 amide bonds. The average Bonchev–Trinajstić information content (AvgIpc) is 3.16. The molecule has 0 radical (unpaired) electrons. The Bertz CT molecular complexity index is 721. The first kappa shape index (κ1) is 25.0. The highest BCUT2D eigenvalue weighted by molar-refractivity contribution is 5.94. The molecule has 0 aromatic carbocycles. The number of carbonyl (C=O) groups is 4. The second kappa shape index (κ2) is 11.9. The summed E-state index contributed by atoms with van der Waals surface area (Å²) in [5.74, 6) is -3.30. The molecule has 4 unspecified atom stereocenters. The van der Waals surface area contributed by atoms with Crippen LogP contribution in [0, 0.1) is 5.92 Å². The Labute approximate surface area is 174 Å². The zero-order valence-electron chi connectivity index (χ0n) is 17.2. The number of aromatic amines is 1. The van der Waals surface area contributed by atoms with Crippen LogP contribution in [0.25, 0.3) is 0 Å². The van der Waals surface area contributed by atoms with Crippen LogP contribution in [-0.4, -0.2) is 74.6 Å². The molecule has 1 aromatic heterocycles. The van der Waals surface area contributed by atoms with Crippen LogP contribution in [-0.2, 0) is 25.6 Å². The second-order valence-electron chi connectivity index (χ2n) is 7.40. The van der Waals surface area contributed by atoms with Crippen LogP contribution in [0.1, 0.15) is 32.9 Å². The number of amides is 3. The van der Waals surface area contributed by atoms with Crippen LogP contribution >= 0.6 is 0 Å². The van der Waals surface area contributed by atoms with Crippen molar-refractivity contribution in [2.75, 3.05) is 6.61 Å². The summed E-state index contributed by atoms with van der Waals surface area (Å²) in [6.07, 6.45) is 3.14. The standard InChI is InChI=1S/C18H30N6O6/c1-9(2)4-12(22-15(26)10(3)19)16(27)23-13(5-11-6-20-8-21-11)17(28)24-14(7-25)18(29)30/h6,8-10,12-14,25H,4-5,7,19H2,1-3H3,(H,20,21)(H,22,26)(H,23,27)(H,24,28)(H,29,30). The van der Waals surface area contributed by atoms with Crippen molar-refractivity contribution < 1.29 is 29.4 Å². The van der Waals surface area contributed by atoms with E-state index in [1.54, 1.807) is 0 Å². The van der Waals surface area contributed by atoms with Crippen molar-refractivity contribution in [2.45, 2.75) is 57.8 Å². The second-order valence-corrected chi connectivity index (χ2v) is 7.40. The maximum atomic E-state index is 12.8. The topological polar surface area (TPSA) is 200 Å². The quantitative estimate of drug-likeness (QED) is 0.196. The number of nitrogens with zero attached hydrogens (tertiary/aromatic N) is 1. The summed E-state index contributed by atoms with van der Waals surface area (Å²) in [7, 11) is 0. The van der Waals surface area contributed by atoms with Gasteiger partial charge in [-0.2, -0.15) is 0 Å². The Balaban J connectivity index is 3.00. The molecule has 0 bridgehead atoms. The van der Waals surface area contributed by atoms with E-state index < -0.39 is 54.5 Å². The molecule has 12 heteroatoms. The third kappa shape index (κ3) is 8.17. The maximum absolute atomic E-state index is 12.8. The van der Waals surface area contributed by atoms with Crippen molar-refractivity contribution >= 4 is 23.7 Å². The fourth-order valence-corrected chi connectivity index (χ4v) is 2.56. The summed E-state index contributed by atoms with van der Waals surface area (Å²) in [5.41, 5.74) is 6.08. The molecule has 0 aliphatic heterocycles. The van der Waals surface area contributed by atoms with Gasteiger partial charge in [0.25, 0.3) is 0 Å². The summed E-state index contributed by atoms with van der Waals surface area (Å²) in [5, 5.41) is 25.5. The van der Waals surface area contributed by atoms with Gasteiger partial charge in [-0.25, -0.2) is 9.78 Å². The molecule has 0 aliphatic rings. The Morgan fingerprint density at radius 3 is 2.07 bits per heavy atom. The molecule has 0 fully saturated rings. The fourth-order valence-electron chi connectivity index (χ4n) is 2.56. The minimum atomic E-state index is -1.53. The number of nitrogens with one attached hydrogen (secondary N) is 4. The van der Waals surface area contributed by atoms with Crippen LogP contribution in [0.5, 0.6) is 0 Å². The molecular weight excluding hydrogens is 396 g/mol. The van der Waals surface area contributed by atoms with E-state index in [4.69, 9.17) is 15.9 Å². The highest BCUT2D eigenvalue weighted by Gasteiger charge is 2.30. The predicted octanol–water partition coefficient (Wildman–Crippen LogP) is -2.12. The van der Waals surface area contributed by atoms with Gasteiger partial charge in [0.15, 0.2) is 0 Å². The van der Waals surface area contributed by atoms with E-state index in [1.807, 2.05) is 13.8 Å². The summed E-state index contributed by atoms with van der Waals surface area (Å²) < 4.78 is 0. The Kier molecular flexibility index (Phi) is 9.92. The SMILES string of the molecule is CC(C)CC(NC(=O)C(C)N)C(=O)NC(Cc1cnc[nH]1)C(=O)NC(CO)C(=O)O. The number of aliphatic hydroxyl groups excluding tert-OH is 1. The largest absolute Gasteiger partial charge is 0.480 e. The van der Waals surface area contributed by atoms with Gasteiger partial charge < -0.3 is 36.9 Å². The van der Waals surface area contributed by atoms with Gasteiger partial charge in [0.2, 0.25) is 17.7 Å². The first-order valence-electron chi connectivity index (χ1n) is 9.52. The molecule has 0 saturated carbocycles. The zero-order valence-corrected chi connectivity index (χ0v) is 17.2. The fraction of sp³-hybridized carbons (Fsp3) is 0.611. The van der Waals surface area contributed by atoms with Gasteiger partial charge >= 0.3 is 5.97 Å². The lowest BCUT2D eigenvalue weighted by Crippen LogP contribution is -2.58. The first-order valence-corrected chi connectivity index (χ1v) is 9.52. The molecule has 1 rings (SSSR count). The number of carbonyl (C=O) groups excluding carboxylic acids is 3. The third-order valence-corrected chi connectivity index (χ3v) is 4.16. The van der Waals surface area contributed by atoms with Gasteiger partial charge in [-0.15, -0.1) is 0 Å². The number of aromatic nitrogens is 2. The highest BCUT2D eigenvalue weighted by Crippen LogP contribution is 2.07. The van der Waals surface area contributed by atoms with Crippen LogP contribution in [0.4, 0.5) is 0 Å². The van der Waals surface area contributed by atoms with E-state index in [0.29, 0.717) is 12.1 Å². The van der Waals surface area contributed by atoms with E-state index >= 15 is 0 Å². The van der Waals surface area contributed by atoms with E-state index in [9.17, 15) is 19.2 Å². The lowest BCUT2D eigenvalue weighted by molar-refractivity contribution is -0.143. The van der Waals surface area contributed by atoms with Crippen molar-refractivity contribution in [3.8, 4) is 0 Å². The van der Waals surface area contributed by atoms with E-state index in [-0.39, 0.29) is 12.3 Å². The summed E-state index contributed by atoms with van der Waals surface area (Å²) in [6.45, 7) is 4.40. The number of imidazole rings is 1. The Morgan fingerprint density at radius 2 is 1.60 bits per heavy atom. The normalized spacial score (nSPS) is 15.0. The molecule has 4 atom stereocenters. The average molecular weight is 426 g/mol. The minimum absolute atomic E-state index is 0.00895. The lowest BCUT2D eigenvalue weighted by Gasteiger charge is -2.25. The molecular formula is C18H30N6O6.